The molecule has 0 bridgehead atoms. The maximum atomic E-state index is 10.7. The van der Waals surface area contributed by atoms with Gasteiger partial charge < -0.3 is 24.1 Å². The molecule has 296 valence electrons. The van der Waals surface area contributed by atoms with Crippen molar-refractivity contribution in [3.05, 3.63) is 210 Å². The largest absolute Gasteiger partial charge is 0.497 e. The Kier molecular flexibility index (Phi) is 12.0. The molecule has 8 rings (SSSR count). The SMILES string of the molecule is COc1ccc(N(c2ncc3ncn(COC(CO)COC(c4ccccc4)(c4ccccc4)c4ccc(OC)cc4)c3n2)C(c2ccccc2)c2ccccc2)cc1. The van der Waals surface area contributed by atoms with Crippen molar-refractivity contribution in [1.29, 1.82) is 0 Å². The fourth-order valence-corrected chi connectivity index (χ4v) is 7.42. The van der Waals surface area contributed by atoms with E-state index in [1.165, 1.54) is 0 Å². The zero-order chi connectivity index (χ0) is 40.4. The van der Waals surface area contributed by atoms with Crippen LogP contribution in [-0.2, 0) is 21.8 Å². The number of imidazole rings is 1. The first-order valence-corrected chi connectivity index (χ1v) is 19.4. The van der Waals surface area contributed by atoms with Crippen LogP contribution in [0.2, 0.25) is 0 Å². The zero-order valence-electron chi connectivity index (χ0n) is 32.9. The predicted molar refractivity (Wildman–Crippen MR) is 229 cm³/mol. The van der Waals surface area contributed by atoms with Gasteiger partial charge in [-0.05, 0) is 64.2 Å². The van der Waals surface area contributed by atoms with Crippen LogP contribution in [0.25, 0.3) is 11.2 Å². The fourth-order valence-electron chi connectivity index (χ4n) is 7.42. The Hall–Kier alpha value is -6.85. The molecule has 2 heterocycles. The molecule has 1 unspecified atom stereocenters. The van der Waals surface area contributed by atoms with Gasteiger partial charge in [0.1, 0.15) is 35.5 Å². The molecule has 0 saturated heterocycles. The standard InChI is InChI=1S/C49H45N5O5/c1-56-42-27-23-40(24-28-42)49(38-19-11-5-12-20-38,39-21-13-6-14-22-39)59-33-44(32-55)58-35-53-34-51-45-31-50-48(52-47(45)53)54(41-25-29-43(57-2)30-26-41)46(36-15-7-3-8-16-36)37-17-9-4-10-18-37/h3-31,34,44,46,55H,32-33,35H2,1-2H3. The van der Waals surface area contributed by atoms with E-state index >= 15 is 0 Å². The van der Waals surface area contributed by atoms with Gasteiger partial charge in [-0.2, -0.15) is 4.98 Å². The molecule has 0 aliphatic rings. The minimum Gasteiger partial charge on any atom is -0.497 e. The first kappa shape index (κ1) is 39.0. The van der Waals surface area contributed by atoms with Crippen LogP contribution in [0.3, 0.4) is 0 Å². The van der Waals surface area contributed by atoms with E-state index in [0.717, 1.165) is 45.0 Å². The van der Waals surface area contributed by atoms with Crippen LogP contribution in [0, 0.1) is 0 Å². The van der Waals surface area contributed by atoms with Crippen LogP contribution < -0.4 is 14.4 Å². The summed E-state index contributed by atoms with van der Waals surface area (Å²) in [6.07, 6.45) is 2.71. The van der Waals surface area contributed by atoms with Gasteiger partial charge in [-0.25, -0.2) is 9.97 Å². The molecule has 1 N–H and O–H groups in total. The van der Waals surface area contributed by atoms with Crippen molar-refractivity contribution in [3.63, 3.8) is 0 Å². The molecule has 8 aromatic rings. The fraction of sp³-hybridized carbons (Fsp3) is 0.163. The molecule has 10 nitrogen and oxygen atoms in total. The molecule has 0 radical (unpaired) electrons. The number of benzene rings is 6. The predicted octanol–water partition coefficient (Wildman–Crippen LogP) is 9.11. The lowest BCUT2D eigenvalue weighted by atomic mass is 9.80. The van der Waals surface area contributed by atoms with E-state index in [1.54, 1.807) is 26.7 Å². The molecule has 1 atom stereocenters. The van der Waals surface area contributed by atoms with E-state index in [9.17, 15) is 5.11 Å². The van der Waals surface area contributed by atoms with Gasteiger partial charge in [0.05, 0.1) is 46.0 Å². The van der Waals surface area contributed by atoms with Crippen molar-refractivity contribution in [2.24, 2.45) is 0 Å². The van der Waals surface area contributed by atoms with Crippen molar-refractivity contribution in [2.75, 3.05) is 32.3 Å². The Morgan fingerprint density at radius 2 is 1.14 bits per heavy atom. The number of hydrogen-bond donors (Lipinski definition) is 1. The highest BCUT2D eigenvalue weighted by Crippen LogP contribution is 2.42. The highest BCUT2D eigenvalue weighted by atomic mass is 16.6. The van der Waals surface area contributed by atoms with E-state index in [2.05, 4.69) is 58.4 Å². The lowest BCUT2D eigenvalue weighted by Crippen LogP contribution is -2.37. The summed E-state index contributed by atoms with van der Waals surface area (Å²) in [4.78, 5) is 16.8. The lowest BCUT2D eigenvalue weighted by Gasteiger charge is -2.37. The summed E-state index contributed by atoms with van der Waals surface area (Å²) in [6, 6.07) is 56.3. The van der Waals surface area contributed by atoms with Crippen molar-refractivity contribution in [3.8, 4) is 11.5 Å². The number of nitrogens with zero attached hydrogens (tertiary/aromatic N) is 5. The molecular formula is C49H45N5O5. The minimum absolute atomic E-state index is 0.0527. The molecule has 0 amide bonds. The number of methoxy groups -OCH3 is 2. The van der Waals surface area contributed by atoms with Crippen molar-refractivity contribution in [1.82, 2.24) is 19.5 Å². The molecule has 59 heavy (non-hydrogen) atoms. The average molecular weight is 784 g/mol. The third kappa shape index (κ3) is 8.28. The van der Waals surface area contributed by atoms with Crippen LogP contribution in [0.1, 0.15) is 33.9 Å². The summed E-state index contributed by atoms with van der Waals surface area (Å²) in [5, 5.41) is 10.7. The molecule has 0 fully saturated rings. The second-order valence-electron chi connectivity index (χ2n) is 13.9. The zero-order valence-corrected chi connectivity index (χ0v) is 32.9. The summed E-state index contributed by atoms with van der Waals surface area (Å²) in [6.45, 7) is -0.159. The third-order valence-electron chi connectivity index (χ3n) is 10.4. The summed E-state index contributed by atoms with van der Waals surface area (Å²) < 4.78 is 26.2. The smallest absolute Gasteiger partial charge is 0.232 e. The van der Waals surface area contributed by atoms with E-state index in [0.29, 0.717) is 17.1 Å². The maximum absolute atomic E-state index is 10.7. The van der Waals surface area contributed by atoms with Gasteiger partial charge in [-0.15, -0.1) is 0 Å². The summed E-state index contributed by atoms with van der Waals surface area (Å²) in [5.74, 6) is 1.95. The molecule has 6 aromatic carbocycles. The van der Waals surface area contributed by atoms with E-state index in [-0.39, 0.29) is 26.0 Å². The Labute approximate surface area is 343 Å². The number of aliphatic hydroxyl groups is 1. The van der Waals surface area contributed by atoms with Crippen molar-refractivity contribution >= 4 is 22.8 Å². The van der Waals surface area contributed by atoms with Crippen LogP contribution in [-0.4, -0.2) is 58.2 Å². The molecular weight excluding hydrogens is 739 g/mol. The van der Waals surface area contributed by atoms with Crippen LogP contribution in [0.5, 0.6) is 11.5 Å². The van der Waals surface area contributed by atoms with Crippen molar-refractivity contribution < 1.29 is 24.1 Å². The van der Waals surface area contributed by atoms with Crippen LogP contribution in [0.4, 0.5) is 11.6 Å². The van der Waals surface area contributed by atoms with Gasteiger partial charge in [0.2, 0.25) is 5.95 Å². The highest BCUT2D eigenvalue weighted by Gasteiger charge is 2.38. The second kappa shape index (κ2) is 18.2. The number of fused-ring (bicyclic) bond motifs is 1. The normalized spacial score (nSPS) is 12.1. The first-order valence-electron chi connectivity index (χ1n) is 19.4. The number of aliphatic hydroxyl groups excluding tert-OH is 1. The Morgan fingerprint density at radius 1 is 0.627 bits per heavy atom. The molecule has 0 spiro atoms. The van der Waals surface area contributed by atoms with E-state index < -0.39 is 11.7 Å². The van der Waals surface area contributed by atoms with Gasteiger partial charge in [0, 0.05) is 5.69 Å². The second-order valence-corrected chi connectivity index (χ2v) is 13.9. The van der Waals surface area contributed by atoms with E-state index in [4.69, 9.17) is 28.9 Å². The number of ether oxygens (including phenoxy) is 4. The maximum Gasteiger partial charge on any atom is 0.232 e. The van der Waals surface area contributed by atoms with Gasteiger partial charge in [-0.3, -0.25) is 9.47 Å². The number of anilines is 2. The Balaban J connectivity index is 1.12. The molecule has 0 aliphatic carbocycles. The van der Waals surface area contributed by atoms with Crippen molar-refractivity contribution in [2.45, 2.75) is 24.5 Å². The molecule has 0 saturated carbocycles. The van der Waals surface area contributed by atoms with Crippen LogP contribution in [0.15, 0.2) is 182 Å². The quantitative estimate of drug-likeness (QED) is 0.0906. The number of rotatable bonds is 17. The number of hydrogen-bond acceptors (Lipinski definition) is 9. The molecule has 10 heteroatoms. The van der Waals surface area contributed by atoms with E-state index in [1.807, 2.05) is 126 Å². The van der Waals surface area contributed by atoms with Gasteiger partial charge >= 0.3 is 0 Å². The van der Waals surface area contributed by atoms with Gasteiger partial charge in [-0.1, -0.05) is 133 Å². The molecule has 2 aromatic heterocycles. The topological polar surface area (TPSA) is 104 Å². The third-order valence-corrected chi connectivity index (χ3v) is 10.4. The molecule has 0 aliphatic heterocycles. The average Bonchev–Trinajstić information content (AvgIpc) is 3.73. The first-order chi connectivity index (χ1) is 29.1. The summed E-state index contributed by atoms with van der Waals surface area (Å²) >= 11 is 0. The minimum atomic E-state index is -1.02. The lowest BCUT2D eigenvalue weighted by molar-refractivity contribution is -0.0970. The monoisotopic (exact) mass is 783 g/mol. The van der Waals surface area contributed by atoms with Gasteiger partial charge in [0.15, 0.2) is 5.65 Å². The Bertz CT molecular complexity index is 2440. The number of aromatic nitrogens is 4. The van der Waals surface area contributed by atoms with Gasteiger partial charge in [0.25, 0.3) is 0 Å². The van der Waals surface area contributed by atoms with Crippen LogP contribution >= 0.6 is 0 Å². The summed E-state index contributed by atoms with van der Waals surface area (Å²) in [5.41, 5.74) is 5.94. The highest BCUT2D eigenvalue weighted by molar-refractivity contribution is 5.73. The Morgan fingerprint density at radius 3 is 1.66 bits per heavy atom. The summed E-state index contributed by atoms with van der Waals surface area (Å²) in [7, 11) is 3.30.